The van der Waals surface area contributed by atoms with Crippen molar-refractivity contribution in [1.29, 1.82) is 0 Å². The summed E-state index contributed by atoms with van der Waals surface area (Å²) in [7, 11) is 0. The van der Waals surface area contributed by atoms with E-state index in [4.69, 9.17) is 52.1 Å². The van der Waals surface area contributed by atoms with Crippen LogP contribution in [0.5, 0.6) is 0 Å². The Kier molecular flexibility index (Phi) is 52.6. The van der Waals surface area contributed by atoms with Gasteiger partial charge in [0.2, 0.25) is 0 Å². The fourth-order valence-electron chi connectivity index (χ4n) is 5.18. The van der Waals surface area contributed by atoms with E-state index in [0.29, 0.717) is 132 Å². The minimum Gasteiger partial charge on any atom is -0.379 e. The first-order chi connectivity index (χ1) is 26.4. The van der Waals surface area contributed by atoms with E-state index >= 15 is 0 Å². The van der Waals surface area contributed by atoms with E-state index in [1.807, 2.05) is 0 Å². The fraction of sp³-hybridized carbons (Fsp3) is 1.00. The zero-order valence-electron chi connectivity index (χ0n) is 34.2. The number of halogens is 1. The molecule has 0 saturated heterocycles. The second-order valence-corrected chi connectivity index (χ2v) is 14.2. The number of ether oxygens (including phenoxy) is 11. The molecular formula is C41H83IO11. The molecular weight excluding hydrogens is 795 g/mol. The summed E-state index contributed by atoms with van der Waals surface area (Å²) in [5.74, 6) is 0. The van der Waals surface area contributed by atoms with Gasteiger partial charge in [-0.3, -0.25) is 0 Å². The van der Waals surface area contributed by atoms with Gasteiger partial charge >= 0.3 is 0 Å². The van der Waals surface area contributed by atoms with Crippen molar-refractivity contribution in [3.05, 3.63) is 0 Å². The average Bonchev–Trinajstić information content (AvgIpc) is 3.17. The highest BCUT2D eigenvalue weighted by Crippen LogP contribution is 2.12. The maximum atomic E-state index is 5.68. The third kappa shape index (κ3) is 52.3. The molecule has 0 bridgehead atoms. The Bertz CT molecular complexity index is 574. The van der Waals surface area contributed by atoms with Crippen molar-refractivity contribution in [2.75, 3.05) is 150 Å². The van der Waals surface area contributed by atoms with E-state index in [-0.39, 0.29) is 0 Å². The van der Waals surface area contributed by atoms with Crippen molar-refractivity contribution in [2.45, 2.75) is 116 Å². The van der Waals surface area contributed by atoms with Crippen LogP contribution < -0.4 is 0 Å². The van der Waals surface area contributed by atoms with E-state index in [1.165, 1.54) is 101 Å². The zero-order chi connectivity index (χ0) is 38.1. The van der Waals surface area contributed by atoms with Crippen LogP contribution in [0, 0.1) is 0 Å². The predicted octanol–water partition coefficient (Wildman–Crippen LogP) is 8.26. The lowest BCUT2D eigenvalue weighted by molar-refractivity contribution is -0.0275. The topological polar surface area (TPSA) is 102 Å². The third-order valence-corrected chi connectivity index (χ3v) is 9.05. The lowest BCUT2D eigenvalue weighted by Crippen LogP contribution is -2.15. The molecule has 0 spiro atoms. The summed E-state index contributed by atoms with van der Waals surface area (Å²) in [6.45, 7) is 15.2. The van der Waals surface area contributed by atoms with Crippen LogP contribution in [0.4, 0.5) is 0 Å². The van der Waals surface area contributed by atoms with Gasteiger partial charge in [-0.2, -0.15) is 0 Å². The Hall–Kier alpha value is 0.290. The summed E-state index contributed by atoms with van der Waals surface area (Å²) in [5.41, 5.74) is 0. The monoisotopic (exact) mass is 878 g/mol. The molecule has 0 aliphatic heterocycles. The number of rotatable bonds is 50. The first kappa shape index (κ1) is 53.3. The van der Waals surface area contributed by atoms with Crippen molar-refractivity contribution in [3.8, 4) is 0 Å². The number of unbranched alkanes of at least 4 members (excludes halogenated alkanes) is 15. The molecule has 0 N–H and O–H groups in total. The van der Waals surface area contributed by atoms with Gasteiger partial charge in [0.25, 0.3) is 0 Å². The Morgan fingerprint density at radius 1 is 0.208 bits per heavy atom. The molecule has 0 aromatic carbocycles. The quantitative estimate of drug-likeness (QED) is 0.0336. The van der Waals surface area contributed by atoms with Crippen LogP contribution in [0.25, 0.3) is 0 Å². The van der Waals surface area contributed by atoms with Crippen molar-refractivity contribution in [2.24, 2.45) is 0 Å². The van der Waals surface area contributed by atoms with Crippen LogP contribution in [-0.4, -0.2) is 150 Å². The highest BCUT2D eigenvalue weighted by molar-refractivity contribution is 14.1. The molecule has 0 aromatic rings. The second-order valence-electron chi connectivity index (χ2n) is 13.1. The molecule has 12 heteroatoms. The molecule has 0 unspecified atom stereocenters. The van der Waals surface area contributed by atoms with E-state index in [0.717, 1.165) is 26.1 Å². The number of hydrogen-bond acceptors (Lipinski definition) is 11. The van der Waals surface area contributed by atoms with Gasteiger partial charge in [0.1, 0.15) is 0 Å². The van der Waals surface area contributed by atoms with Gasteiger partial charge in [-0.15, -0.1) is 0 Å². The molecule has 320 valence electrons. The second kappa shape index (κ2) is 52.3. The molecule has 0 amide bonds. The first-order valence-corrected chi connectivity index (χ1v) is 22.9. The molecule has 11 nitrogen and oxygen atoms in total. The smallest absolute Gasteiger partial charge is 0.0701 e. The minimum atomic E-state index is 0.528. The minimum absolute atomic E-state index is 0.528. The predicted molar refractivity (Wildman–Crippen MR) is 222 cm³/mol. The summed E-state index contributed by atoms with van der Waals surface area (Å²) in [6, 6.07) is 0. The molecule has 53 heavy (non-hydrogen) atoms. The van der Waals surface area contributed by atoms with Crippen molar-refractivity contribution >= 4 is 22.6 Å². The summed E-state index contributed by atoms with van der Waals surface area (Å²) in [4.78, 5) is 0. The van der Waals surface area contributed by atoms with E-state index in [1.54, 1.807) is 0 Å². The Morgan fingerprint density at radius 2 is 0.377 bits per heavy atom. The number of alkyl halides is 1. The third-order valence-electron chi connectivity index (χ3n) is 8.28. The molecule has 0 aromatic heterocycles. The standard InChI is InChI=1S/C41H83IO11/c1-2-3-4-5-6-7-8-9-10-11-12-14-17-20-43-22-24-45-26-28-47-30-32-49-34-36-51-38-40-53-41-39-52-37-35-50-33-31-48-29-27-46-25-23-44-21-18-15-13-16-19-42/h2-41H2,1H3. The van der Waals surface area contributed by atoms with Crippen molar-refractivity contribution in [3.63, 3.8) is 0 Å². The van der Waals surface area contributed by atoms with E-state index in [9.17, 15) is 0 Å². The highest BCUT2D eigenvalue weighted by Gasteiger charge is 1.98. The molecule has 0 radical (unpaired) electrons. The Balaban J connectivity index is 3.05. The van der Waals surface area contributed by atoms with Gasteiger partial charge in [0.15, 0.2) is 0 Å². The number of hydrogen-bond donors (Lipinski definition) is 0. The van der Waals surface area contributed by atoms with Crippen LogP contribution in [-0.2, 0) is 52.1 Å². The molecule has 0 aliphatic rings. The van der Waals surface area contributed by atoms with Crippen LogP contribution in [0.3, 0.4) is 0 Å². The molecule has 0 saturated carbocycles. The average molecular weight is 879 g/mol. The largest absolute Gasteiger partial charge is 0.379 e. The van der Waals surface area contributed by atoms with Gasteiger partial charge in [-0.1, -0.05) is 119 Å². The van der Waals surface area contributed by atoms with Crippen LogP contribution >= 0.6 is 22.6 Å². The van der Waals surface area contributed by atoms with Crippen molar-refractivity contribution < 1.29 is 52.1 Å². The van der Waals surface area contributed by atoms with Gasteiger partial charge in [-0.25, -0.2) is 0 Å². The first-order valence-electron chi connectivity index (χ1n) is 21.3. The summed E-state index contributed by atoms with van der Waals surface area (Å²) in [5, 5.41) is 0. The molecule has 0 fully saturated rings. The van der Waals surface area contributed by atoms with E-state index in [2.05, 4.69) is 29.5 Å². The molecule has 0 atom stereocenters. The van der Waals surface area contributed by atoms with E-state index < -0.39 is 0 Å². The maximum Gasteiger partial charge on any atom is 0.0701 e. The van der Waals surface area contributed by atoms with Gasteiger partial charge in [0, 0.05) is 13.2 Å². The fourth-order valence-corrected chi connectivity index (χ4v) is 5.71. The summed E-state index contributed by atoms with van der Waals surface area (Å²) in [6.07, 6.45) is 22.8. The maximum absolute atomic E-state index is 5.68. The zero-order valence-corrected chi connectivity index (χ0v) is 36.3. The SMILES string of the molecule is CCCCCCCCCCCCCCCOCCOCCOCCOCCOCCOCCOCCOCCOCCOCCOCCCCCCI. The lowest BCUT2D eigenvalue weighted by Gasteiger charge is -2.09. The molecule has 0 heterocycles. The van der Waals surface area contributed by atoms with Crippen LogP contribution in [0.2, 0.25) is 0 Å². The Morgan fingerprint density at radius 3 is 0.585 bits per heavy atom. The molecule has 0 aliphatic carbocycles. The van der Waals surface area contributed by atoms with Gasteiger partial charge in [0.05, 0.1) is 132 Å². The van der Waals surface area contributed by atoms with Crippen LogP contribution in [0.15, 0.2) is 0 Å². The van der Waals surface area contributed by atoms with Crippen molar-refractivity contribution in [1.82, 2.24) is 0 Å². The molecule has 0 rings (SSSR count). The van der Waals surface area contributed by atoms with Crippen LogP contribution in [0.1, 0.15) is 116 Å². The lowest BCUT2D eigenvalue weighted by atomic mass is 10.0. The summed E-state index contributed by atoms with van der Waals surface area (Å²) < 4.78 is 62.2. The summed E-state index contributed by atoms with van der Waals surface area (Å²) >= 11 is 2.42. The Labute approximate surface area is 339 Å². The van der Waals surface area contributed by atoms with Gasteiger partial charge in [-0.05, 0) is 23.7 Å². The normalized spacial score (nSPS) is 11.7. The highest BCUT2D eigenvalue weighted by atomic mass is 127. The van der Waals surface area contributed by atoms with Gasteiger partial charge < -0.3 is 52.1 Å².